The van der Waals surface area contributed by atoms with Crippen molar-refractivity contribution in [2.45, 2.75) is 126 Å². The Balaban J connectivity index is 0.000000142. The van der Waals surface area contributed by atoms with Crippen LogP contribution in [0.25, 0.3) is 45.0 Å². The lowest BCUT2D eigenvalue weighted by molar-refractivity contribution is -0.137. The highest BCUT2D eigenvalue weighted by molar-refractivity contribution is 7.93. The van der Waals surface area contributed by atoms with Crippen molar-refractivity contribution in [1.29, 1.82) is 0 Å². The molecule has 748 valence electrons. The van der Waals surface area contributed by atoms with E-state index in [2.05, 4.69) is 59.8 Å². The number of alkyl halides is 12. The van der Waals surface area contributed by atoms with Gasteiger partial charge in [0.15, 0.2) is 29.5 Å². The minimum Gasteiger partial charge on any atom is -0.445 e. The number of nitrogens with zero attached hydrogens (tertiary/aromatic N) is 17. The molecule has 3 saturated carbocycles. The molecule has 0 bridgehead atoms. The number of rotatable bonds is 19. The topological polar surface area (TPSA) is 437 Å². The summed E-state index contributed by atoms with van der Waals surface area (Å²) in [5.74, 6) is -1.93. The second kappa shape index (κ2) is 39.4. The molecule has 4 aliphatic heterocycles. The van der Waals surface area contributed by atoms with Gasteiger partial charge in [0.2, 0.25) is 29.7 Å². The molecule has 8 N–H and O–H groups in total. The van der Waals surface area contributed by atoms with Gasteiger partial charge in [-0.2, -0.15) is 52.7 Å². The zero-order valence-corrected chi connectivity index (χ0v) is 76.7. The van der Waals surface area contributed by atoms with Gasteiger partial charge in [0.25, 0.3) is 0 Å². The second-order valence-electron chi connectivity index (χ2n) is 33.9. The van der Waals surface area contributed by atoms with E-state index in [1.807, 2.05) is 4.90 Å². The number of hydrogen-bond donors (Lipinski definition) is 4. The Hall–Kier alpha value is -13.2. The third-order valence-electron chi connectivity index (χ3n) is 24.4. The van der Waals surface area contributed by atoms with Crippen LogP contribution >= 0.6 is 0 Å². The Kier molecular flexibility index (Phi) is 28.5. The molecule has 0 amide bonds. The van der Waals surface area contributed by atoms with Crippen LogP contribution in [-0.4, -0.2) is 195 Å². The number of sulfone groups is 3. The van der Waals surface area contributed by atoms with E-state index in [1.165, 1.54) is 68.4 Å². The number of benzene rings is 3. The number of halogens is 15. The molecular weight excluding hydrogens is 1940 g/mol. The van der Waals surface area contributed by atoms with Crippen LogP contribution < -0.4 is 42.5 Å². The molecule has 141 heavy (non-hydrogen) atoms. The van der Waals surface area contributed by atoms with Crippen LogP contribution in [0.1, 0.15) is 116 Å². The smallest absolute Gasteiger partial charge is 0.417 e. The highest BCUT2D eigenvalue weighted by atomic mass is 32.2. The van der Waals surface area contributed by atoms with Crippen molar-refractivity contribution in [3.63, 3.8) is 0 Å². The number of morpholine rings is 4. The van der Waals surface area contributed by atoms with E-state index in [0.717, 1.165) is 80.1 Å². The highest BCUT2D eigenvalue weighted by Gasteiger charge is 2.61. The Bertz CT molecular complexity index is 6820. The lowest BCUT2D eigenvalue weighted by Gasteiger charge is -2.30. The van der Waals surface area contributed by atoms with Crippen molar-refractivity contribution < 1.29 is 114 Å². The van der Waals surface area contributed by atoms with Crippen molar-refractivity contribution in [3.8, 4) is 45.0 Å². The van der Waals surface area contributed by atoms with Crippen molar-refractivity contribution in [3.05, 3.63) is 226 Å². The van der Waals surface area contributed by atoms with Gasteiger partial charge in [0.1, 0.15) is 70.5 Å². The predicted octanol–water partition coefficient (Wildman–Crippen LogP) is 15.0. The lowest BCUT2D eigenvalue weighted by Crippen LogP contribution is -2.38. The van der Waals surface area contributed by atoms with Gasteiger partial charge in [-0.15, -0.1) is 0 Å². The molecule has 32 nitrogen and oxygen atoms in total. The molecule has 3 aromatic carbocycles. The Morgan fingerprint density at radius 3 is 0.993 bits per heavy atom. The summed E-state index contributed by atoms with van der Waals surface area (Å²) in [7, 11) is -12.7. The van der Waals surface area contributed by atoms with Crippen molar-refractivity contribution in [2.24, 2.45) is 0 Å². The number of hydrogen-bond acceptors (Lipinski definition) is 32. The normalized spacial score (nSPS) is 17.0. The molecule has 7 fully saturated rings. The van der Waals surface area contributed by atoms with Crippen LogP contribution in [0.3, 0.4) is 0 Å². The number of anilines is 8. The predicted molar refractivity (Wildman–Crippen MR) is 484 cm³/mol. The minimum absolute atomic E-state index is 0. The monoisotopic (exact) mass is 2030 g/mol. The maximum Gasteiger partial charge on any atom is 0.417 e. The van der Waals surface area contributed by atoms with Crippen molar-refractivity contribution in [2.75, 3.05) is 148 Å². The number of ether oxygens (including phenoxy) is 4. The van der Waals surface area contributed by atoms with E-state index in [1.54, 1.807) is 33.9 Å². The number of aryl methyl sites for hydroxylation is 1. The van der Waals surface area contributed by atoms with E-state index in [-0.39, 0.29) is 136 Å². The first-order valence-electron chi connectivity index (χ1n) is 43.3. The number of pyridine rings is 4. The fourth-order valence-electron chi connectivity index (χ4n) is 16.2. The fraction of sp³-hybridized carbons (Fsp3) is 0.374. The first-order valence-corrected chi connectivity index (χ1v) is 47.7. The molecule has 13 heterocycles. The molecule has 50 heteroatoms. The average Bonchev–Trinajstić information content (AvgIpc) is 1.47. The molecule has 3 aliphatic carbocycles. The van der Waals surface area contributed by atoms with Gasteiger partial charge in [0.05, 0.1) is 137 Å². The first-order chi connectivity index (χ1) is 66.1. The summed E-state index contributed by atoms with van der Waals surface area (Å²) < 4.78 is 313. The Labute approximate surface area is 796 Å². The molecule has 0 spiro atoms. The fourth-order valence-corrected chi connectivity index (χ4v) is 21.7. The van der Waals surface area contributed by atoms with Crippen LogP contribution in [0.2, 0.25) is 0 Å². The minimum atomic E-state index is -4.79. The van der Waals surface area contributed by atoms with E-state index < -0.39 is 129 Å². The van der Waals surface area contributed by atoms with Crippen LogP contribution in [0.5, 0.6) is 0 Å². The summed E-state index contributed by atoms with van der Waals surface area (Å²) in [6.07, 6.45) is -11.2. The quantitative estimate of drug-likeness (QED) is 0.0431. The highest BCUT2D eigenvalue weighted by Crippen LogP contribution is 2.59. The van der Waals surface area contributed by atoms with Gasteiger partial charge in [-0.1, -0.05) is 31.7 Å². The molecule has 0 radical (unpaired) electrons. The lowest BCUT2D eigenvalue weighted by atomic mass is 9.98. The van der Waals surface area contributed by atoms with Crippen LogP contribution in [0, 0.1) is 24.4 Å². The largest absolute Gasteiger partial charge is 0.445 e. The van der Waals surface area contributed by atoms with E-state index in [4.69, 9.17) is 51.3 Å². The van der Waals surface area contributed by atoms with Gasteiger partial charge >= 0.3 is 24.7 Å². The van der Waals surface area contributed by atoms with Gasteiger partial charge in [-0.05, 0) is 156 Å². The molecule has 7 aliphatic rings. The maximum absolute atomic E-state index is 14.5. The number of aromatic nitrogens is 13. The Morgan fingerprint density at radius 1 is 0.362 bits per heavy atom. The zero-order valence-electron chi connectivity index (χ0n) is 74.3. The first kappa shape index (κ1) is 102. The molecule has 12 aromatic rings. The molecule has 9 aromatic heterocycles. The summed E-state index contributed by atoms with van der Waals surface area (Å²) >= 11 is 0. The van der Waals surface area contributed by atoms with Crippen LogP contribution in [0.15, 0.2) is 171 Å². The van der Waals surface area contributed by atoms with E-state index in [9.17, 15) is 91.1 Å². The van der Waals surface area contributed by atoms with Gasteiger partial charge in [-0.25, -0.2) is 103 Å². The summed E-state index contributed by atoms with van der Waals surface area (Å²) in [5.41, 5.74) is 16.4. The molecule has 0 atom stereocenters. The van der Waals surface area contributed by atoms with Gasteiger partial charge in [-0.3, -0.25) is 0 Å². The molecule has 4 saturated heterocycles. The molecular formula is C91H90F15N21O11S3. The van der Waals surface area contributed by atoms with Gasteiger partial charge < -0.3 is 65.9 Å². The number of nitrogen functional groups attached to an aromatic ring is 4. The third-order valence-corrected chi connectivity index (χ3v) is 31.9. The summed E-state index contributed by atoms with van der Waals surface area (Å²) in [5, 5.41) is 0. The average molecular weight is 2040 g/mol. The van der Waals surface area contributed by atoms with E-state index >= 15 is 0 Å². The van der Waals surface area contributed by atoms with Crippen molar-refractivity contribution >= 4 is 76.6 Å². The summed E-state index contributed by atoms with van der Waals surface area (Å²) in [6.45, 7) is 10.7. The van der Waals surface area contributed by atoms with Crippen LogP contribution in [0.4, 0.5) is 113 Å². The summed E-state index contributed by atoms with van der Waals surface area (Å²) in [4.78, 5) is 61.3. The van der Waals surface area contributed by atoms with Crippen molar-refractivity contribution in [1.82, 2.24) is 64.8 Å². The SMILES string of the molecule is C.CC(C)(c1cc(-c2cnc(N)cc2C(F)(F)F)nc(N2CCOCC2)n1)S(=O)(=O)c1ccccc1F.Cc1cnc(C2(c3cc(-c4cnc(N)cc4C(F)(F)F)nc(N4CCOCC4)n3)CC2)o1.Nc1cc(C(F)(F)F)c(-c2cc(C3(S(=O)(=O)c4ccc(F)cc4)CC3)nc(N3CCOCC3)n2)cn1.Nc1cc(C(F)(F)F)c(-c2cc(C3(S(=O)(=O)c4ccccc4F)CC3)nc(N3CCOCC3)n2)cn1. The third kappa shape index (κ3) is 21.1. The maximum atomic E-state index is 14.5. The van der Waals surface area contributed by atoms with E-state index in [0.29, 0.717) is 147 Å². The Morgan fingerprint density at radius 2 is 0.674 bits per heavy atom. The zero-order chi connectivity index (χ0) is 100. The standard InChI is InChI=1S/2C23H21F4N5O3S.C23H23F4N5O3S.C21H21F3N6O2.CH4/c24-14-1-3-15(4-2-14)36(33,34)22(5-6-22)19-12-18(30-21(31-19)32-7-9-35-10-8-32)16-13-29-20(28)11-17(16)23(25,26)27;24-16-3-1-2-4-18(16)36(33,34)22(5-6-22)19-12-17(30-21(31-19)32-7-9-35-10-8-32)14-13-29-20(28)11-15(14)23(25,26)27;1-22(2,36(33,34)18-6-4-3-5-16(18)24)19-12-17(30-21(31-19)32-7-9-35-10-8-32)14-13-29-20(28)11-15(14)23(25,26)27;1-12-10-27-18(32-12)20(2-3-20)16-9-15(28-19(29-16)30-4-6-31-7-5-30)13-11-26-17(25)8-14(13)21(22,23)24;/h2*1-4,11-13H,5-10H2,(H2,28,29);3-6,11-13H,7-10H2,1-2H3,(H2,28,29);8-11H,2-7H2,1H3,(H2,25,26);1H4. The van der Waals surface area contributed by atoms with Crippen LogP contribution in [-0.2, 0) is 92.8 Å². The second-order valence-corrected chi connectivity index (χ2v) is 40.9. The van der Waals surface area contributed by atoms with Gasteiger partial charge in [0, 0.05) is 99.4 Å². The molecule has 19 rings (SSSR count). The number of oxazole rings is 1. The molecule has 0 unspecified atom stereocenters. The summed E-state index contributed by atoms with van der Waals surface area (Å²) in [6, 6.07) is 22.5. The number of nitrogens with two attached hydrogens (primary N) is 4.